The summed E-state index contributed by atoms with van der Waals surface area (Å²) in [6.07, 6.45) is 2.90. The second-order valence-corrected chi connectivity index (χ2v) is 7.23. The highest BCUT2D eigenvalue weighted by atomic mass is 32.1. The van der Waals surface area contributed by atoms with Gasteiger partial charge in [-0.1, -0.05) is 36.4 Å². The summed E-state index contributed by atoms with van der Waals surface area (Å²) in [7, 11) is 1.63. The highest BCUT2D eigenvalue weighted by Crippen LogP contribution is 2.21. The second kappa shape index (κ2) is 10.5. The van der Waals surface area contributed by atoms with Crippen molar-refractivity contribution in [2.24, 2.45) is 0 Å². The molecule has 0 unspecified atom stereocenters. The zero-order valence-electron chi connectivity index (χ0n) is 17.1. The minimum Gasteiger partial charge on any atom is -0.497 e. The van der Waals surface area contributed by atoms with Gasteiger partial charge >= 0.3 is 0 Å². The van der Waals surface area contributed by atoms with Crippen LogP contribution in [0.2, 0.25) is 0 Å². The van der Waals surface area contributed by atoms with Crippen LogP contribution in [-0.4, -0.2) is 45.8 Å². The molecule has 0 radical (unpaired) electrons. The Morgan fingerprint density at radius 1 is 1.23 bits per heavy atom. The third-order valence-corrected chi connectivity index (χ3v) is 5.18. The van der Waals surface area contributed by atoms with Crippen LogP contribution < -0.4 is 4.74 Å². The van der Waals surface area contributed by atoms with Crippen molar-refractivity contribution < 1.29 is 9.53 Å². The van der Waals surface area contributed by atoms with Gasteiger partial charge in [-0.2, -0.15) is 5.10 Å². The molecule has 1 amide bonds. The number of amides is 1. The summed E-state index contributed by atoms with van der Waals surface area (Å²) in [5.41, 5.74) is 2.11. The Hall–Kier alpha value is -3.19. The van der Waals surface area contributed by atoms with E-state index >= 15 is 0 Å². The van der Waals surface area contributed by atoms with Gasteiger partial charge < -0.3 is 9.64 Å². The average Bonchev–Trinajstić information content (AvgIpc) is 3.16. The van der Waals surface area contributed by atoms with E-state index in [4.69, 9.17) is 17.0 Å². The van der Waals surface area contributed by atoms with E-state index in [0.29, 0.717) is 36.7 Å². The zero-order chi connectivity index (χ0) is 21.3. The SMILES string of the molecule is C=CCN(CCc1ccccc1)C(=O)CCn1c(-c2ccc(OC)cc2)n[nH]c1=S. The van der Waals surface area contributed by atoms with Crippen LogP contribution >= 0.6 is 12.2 Å². The van der Waals surface area contributed by atoms with Gasteiger partial charge in [-0.15, -0.1) is 6.58 Å². The van der Waals surface area contributed by atoms with Crippen LogP contribution in [0.15, 0.2) is 67.3 Å². The van der Waals surface area contributed by atoms with Crippen molar-refractivity contribution in [2.45, 2.75) is 19.4 Å². The van der Waals surface area contributed by atoms with E-state index in [9.17, 15) is 4.79 Å². The maximum Gasteiger partial charge on any atom is 0.224 e. The number of carbonyl (C=O) groups excluding carboxylic acids is 1. The van der Waals surface area contributed by atoms with Crippen molar-refractivity contribution in [3.8, 4) is 17.1 Å². The highest BCUT2D eigenvalue weighted by Gasteiger charge is 2.15. The zero-order valence-corrected chi connectivity index (χ0v) is 17.9. The predicted molar refractivity (Wildman–Crippen MR) is 121 cm³/mol. The third kappa shape index (κ3) is 5.45. The largest absolute Gasteiger partial charge is 0.497 e. The minimum atomic E-state index is 0.0645. The number of aromatic amines is 1. The van der Waals surface area contributed by atoms with Gasteiger partial charge in [0.1, 0.15) is 5.75 Å². The van der Waals surface area contributed by atoms with Gasteiger partial charge in [-0.05, 0) is 48.5 Å². The van der Waals surface area contributed by atoms with Crippen molar-refractivity contribution in [1.29, 1.82) is 0 Å². The van der Waals surface area contributed by atoms with E-state index in [1.54, 1.807) is 13.2 Å². The number of hydrogen-bond donors (Lipinski definition) is 1. The minimum absolute atomic E-state index is 0.0645. The summed E-state index contributed by atoms with van der Waals surface area (Å²) in [6, 6.07) is 17.7. The van der Waals surface area contributed by atoms with Crippen LogP contribution in [0.4, 0.5) is 0 Å². The number of nitrogens with zero attached hydrogens (tertiary/aromatic N) is 3. The maximum absolute atomic E-state index is 12.9. The first-order valence-electron chi connectivity index (χ1n) is 9.84. The number of H-pyrrole nitrogens is 1. The van der Waals surface area contributed by atoms with Crippen molar-refractivity contribution in [3.63, 3.8) is 0 Å². The van der Waals surface area contributed by atoms with Gasteiger partial charge in [0.25, 0.3) is 0 Å². The van der Waals surface area contributed by atoms with Gasteiger partial charge in [0.15, 0.2) is 10.6 Å². The van der Waals surface area contributed by atoms with E-state index in [1.807, 2.05) is 51.9 Å². The number of benzene rings is 2. The molecule has 1 aromatic heterocycles. The van der Waals surface area contributed by atoms with Gasteiger partial charge in [-0.3, -0.25) is 14.5 Å². The maximum atomic E-state index is 12.9. The molecule has 3 rings (SSSR count). The average molecular weight is 423 g/mol. The van der Waals surface area contributed by atoms with Crippen molar-refractivity contribution >= 4 is 18.1 Å². The lowest BCUT2D eigenvalue weighted by Crippen LogP contribution is -2.33. The molecule has 0 fully saturated rings. The Labute approximate surface area is 181 Å². The summed E-state index contributed by atoms with van der Waals surface area (Å²) < 4.78 is 7.56. The molecule has 0 aliphatic rings. The lowest BCUT2D eigenvalue weighted by Gasteiger charge is -2.21. The molecule has 7 heteroatoms. The van der Waals surface area contributed by atoms with Crippen molar-refractivity contribution in [1.82, 2.24) is 19.7 Å². The second-order valence-electron chi connectivity index (χ2n) is 6.85. The number of hydrogen-bond acceptors (Lipinski definition) is 4. The Balaban J connectivity index is 1.67. The van der Waals surface area contributed by atoms with Crippen LogP contribution in [0.25, 0.3) is 11.4 Å². The van der Waals surface area contributed by atoms with Gasteiger partial charge in [-0.25, -0.2) is 0 Å². The molecule has 1 N–H and O–H groups in total. The number of nitrogens with one attached hydrogen (secondary N) is 1. The van der Waals surface area contributed by atoms with E-state index in [-0.39, 0.29) is 5.91 Å². The number of rotatable bonds is 10. The number of ether oxygens (including phenoxy) is 1. The molecule has 0 saturated carbocycles. The Bertz CT molecular complexity index is 1030. The van der Waals surface area contributed by atoms with E-state index in [0.717, 1.165) is 17.7 Å². The molecule has 0 atom stereocenters. The fraction of sp³-hybridized carbons (Fsp3) is 0.261. The smallest absolute Gasteiger partial charge is 0.224 e. The molecule has 0 aliphatic heterocycles. The third-order valence-electron chi connectivity index (χ3n) is 4.87. The first-order valence-corrected chi connectivity index (χ1v) is 10.3. The summed E-state index contributed by atoms with van der Waals surface area (Å²) in [5.74, 6) is 1.54. The van der Waals surface area contributed by atoms with Crippen molar-refractivity contribution in [3.05, 3.63) is 77.6 Å². The van der Waals surface area contributed by atoms with E-state index in [2.05, 4.69) is 28.9 Å². The molecule has 6 nitrogen and oxygen atoms in total. The summed E-state index contributed by atoms with van der Waals surface area (Å²) in [4.78, 5) is 14.7. The van der Waals surface area contributed by atoms with Crippen LogP contribution in [0.3, 0.4) is 0 Å². The number of methoxy groups -OCH3 is 1. The molecule has 3 aromatic rings. The monoisotopic (exact) mass is 422 g/mol. The predicted octanol–water partition coefficient (Wildman–Crippen LogP) is 4.26. The summed E-state index contributed by atoms with van der Waals surface area (Å²) in [6.45, 7) is 5.41. The Morgan fingerprint density at radius 3 is 2.63 bits per heavy atom. The molecule has 0 bridgehead atoms. The summed E-state index contributed by atoms with van der Waals surface area (Å²) >= 11 is 5.38. The van der Waals surface area contributed by atoms with Gasteiger partial charge in [0, 0.05) is 31.6 Å². The van der Waals surface area contributed by atoms with Crippen molar-refractivity contribution in [2.75, 3.05) is 20.2 Å². The molecular formula is C23H26N4O2S. The lowest BCUT2D eigenvalue weighted by molar-refractivity contribution is -0.130. The molecule has 156 valence electrons. The quantitative estimate of drug-likeness (QED) is 0.392. The molecule has 0 aliphatic carbocycles. The molecule has 2 aromatic carbocycles. The normalized spacial score (nSPS) is 10.6. The van der Waals surface area contributed by atoms with Crippen LogP contribution in [0, 0.1) is 4.77 Å². The van der Waals surface area contributed by atoms with Crippen LogP contribution in [-0.2, 0) is 17.8 Å². The van der Waals surface area contributed by atoms with E-state index < -0.39 is 0 Å². The first-order chi connectivity index (χ1) is 14.6. The Morgan fingerprint density at radius 2 is 1.97 bits per heavy atom. The van der Waals surface area contributed by atoms with Crippen LogP contribution in [0.1, 0.15) is 12.0 Å². The first kappa shape index (κ1) is 21.5. The fourth-order valence-electron chi connectivity index (χ4n) is 3.23. The highest BCUT2D eigenvalue weighted by molar-refractivity contribution is 7.71. The Kier molecular flexibility index (Phi) is 7.57. The summed E-state index contributed by atoms with van der Waals surface area (Å²) in [5, 5.41) is 7.17. The van der Waals surface area contributed by atoms with Crippen LogP contribution in [0.5, 0.6) is 5.75 Å². The molecule has 0 spiro atoms. The molecular weight excluding hydrogens is 396 g/mol. The standard InChI is InChI=1S/C23H26N4O2S/c1-3-15-26(16-13-18-7-5-4-6-8-18)21(28)14-17-27-22(24-25-23(27)30)19-9-11-20(29-2)12-10-19/h3-12H,1,13-17H2,2H3,(H,25,30). The van der Waals surface area contributed by atoms with Gasteiger partial charge in [0.05, 0.1) is 7.11 Å². The fourth-order valence-corrected chi connectivity index (χ4v) is 3.46. The molecule has 1 heterocycles. The molecule has 0 saturated heterocycles. The number of aromatic nitrogens is 3. The topological polar surface area (TPSA) is 63.1 Å². The van der Waals surface area contributed by atoms with Gasteiger partial charge in [0.2, 0.25) is 5.91 Å². The lowest BCUT2D eigenvalue weighted by atomic mass is 10.1. The van der Waals surface area contributed by atoms with E-state index in [1.165, 1.54) is 5.56 Å². The number of carbonyl (C=O) groups is 1. The molecule has 30 heavy (non-hydrogen) atoms.